The summed E-state index contributed by atoms with van der Waals surface area (Å²) < 4.78 is 37.8. The first-order valence-corrected chi connectivity index (χ1v) is 11.4. The summed E-state index contributed by atoms with van der Waals surface area (Å²) in [4.78, 5) is 24.5. The average Bonchev–Trinajstić information content (AvgIpc) is 2.82. The Balaban J connectivity index is 1.90. The van der Waals surface area contributed by atoms with E-state index in [-0.39, 0.29) is 10.6 Å². The lowest BCUT2D eigenvalue weighted by atomic mass is 10.2. The van der Waals surface area contributed by atoms with Crippen molar-refractivity contribution in [1.29, 1.82) is 0 Å². The van der Waals surface area contributed by atoms with Gasteiger partial charge in [-0.05, 0) is 55.5 Å². The van der Waals surface area contributed by atoms with Crippen molar-refractivity contribution in [2.24, 2.45) is 0 Å². The molecule has 3 rings (SSSR count). The van der Waals surface area contributed by atoms with E-state index >= 15 is 0 Å². The van der Waals surface area contributed by atoms with Crippen LogP contribution < -0.4 is 14.4 Å². The largest absolute Gasteiger partial charge is 0.497 e. The van der Waals surface area contributed by atoms with Crippen LogP contribution in [0.3, 0.4) is 0 Å². The van der Waals surface area contributed by atoms with E-state index in [0.717, 1.165) is 9.87 Å². The number of rotatable bonds is 8. The van der Waals surface area contributed by atoms with Crippen LogP contribution in [0, 0.1) is 6.92 Å². The third kappa shape index (κ3) is 5.69. The van der Waals surface area contributed by atoms with Crippen LogP contribution in [0.5, 0.6) is 5.75 Å². The molecule has 1 N–H and O–H groups in total. The second-order valence-electron chi connectivity index (χ2n) is 7.14. The van der Waals surface area contributed by atoms with Gasteiger partial charge in [-0.15, -0.1) is 0 Å². The van der Waals surface area contributed by atoms with E-state index < -0.39 is 28.4 Å². The van der Waals surface area contributed by atoms with Crippen LogP contribution in [0.4, 0.5) is 11.4 Å². The number of esters is 1. The summed E-state index contributed by atoms with van der Waals surface area (Å²) in [6.45, 7) is 1.39. The maximum atomic E-state index is 13.4. The number of carbonyl (C=O) groups is 2. The molecule has 9 heteroatoms. The normalized spacial score (nSPS) is 10.9. The van der Waals surface area contributed by atoms with Crippen LogP contribution in [0.15, 0.2) is 77.7 Å². The molecule has 0 aliphatic rings. The van der Waals surface area contributed by atoms with E-state index in [0.29, 0.717) is 17.0 Å². The number of aryl methyl sites for hydroxylation is 1. The average molecular weight is 469 g/mol. The van der Waals surface area contributed by atoms with Gasteiger partial charge in [-0.2, -0.15) is 0 Å². The Morgan fingerprint density at radius 2 is 1.61 bits per heavy atom. The molecule has 0 aromatic heterocycles. The van der Waals surface area contributed by atoms with Crippen molar-refractivity contribution in [3.05, 3.63) is 83.9 Å². The molecular weight excluding hydrogens is 444 g/mol. The molecule has 3 aromatic carbocycles. The first-order valence-electron chi connectivity index (χ1n) is 9.96. The SMILES string of the molecule is COC(=O)c1ccc(NC(=O)CN(c2cccc(OC)c2)S(=O)(=O)c2ccc(C)cc2)cc1. The Morgan fingerprint density at radius 3 is 2.21 bits per heavy atom. The molecule has 0 saturated carbocycles. The van der Waals surface area contributed by atoms with Gasteiger partial charge in [0.2, 0.25) is 5.91 Å². The number of benzene rings is 3. The monoisotopic (exact) mass is 468 g/mol. The molecule has 0 heterocycles. The lowest BCUT2D eigenvalue weighted by Crippen LogP contribution is -2.38. The summed E-state index contributed by atoms with van der Waals surface area (Å²) in [6, 6.07) is 18.9. The molecule has 0 radical (unpaired) electrons. The van der Waals surface area contributed by atoms with Gasteiger partial charge in [0, 0.05) is 11.8 Å². The number of methoxy groups -OCH3 is 2. The predicted molar refractivity (Wildman–Crippen MR) is 125 cm³/mol. The number of hydrogen-bond donors (Lipinski definition) is 1. The lowest BCUT2D eigenvalue weighted by Gasteiger charge is -2.24. The number of hydrogen-bond acceptors (Lipinski definition) is 6. The van der Waals surface area contributed by atoms with Crippen molar-refractivity contribution in [2.75, 3.05) is 30.4 Å². The van der Waals surface area contributed by atoms with Gasteiger partial charge < -0.3 is 14.8 Å². The minimum absolute atomic E-state index is 0.0613. The van der Waals surface area contributed by atoms with Crippen molar-refractivity contribution >= 4 is 33.3 Å². The highest BCUT2D eigenvalue weighted by Crippen LogP contribution is 2.27. The number of nitrogens with one attached hydrogen (secondary N) is 1. The minimum Gasteiger partial charge on any atom is -0.497 e. The van der Waals surface area contributed by atoms with Gasteiger partial charge >= 0.3 is 5.97 Å². The molecule has 0 fully saturated rings. The number of sulfonamides is 1. The van der Waals surface area contributed by atoms with E-state index in [2.05, 4.69) is 10.1 Å². The summed E-state index contributed by atoms with van der Waals surface area (Å²) in [6.07, 6.45) is 0. The number of ether oxygens (including phenoxy) is 2. The van der Waals surface area contributed by atoms with Crippen molar-refractivity contribution in [3.63, 3.8) is 0 Å². The van der Waals surface area contributed by atoms with E-state index in [1.807, 2.05) is 6.92 Å². The Labute approximate surface area is 192 Å². The van der Waals surface area contributed by atoms with Crippen molar-refractivity contribution in [1.82, 2.24) is 0 Å². The van der Waals surface area contributed by atoms with Crippen molar-refractivity contribution in [2.45, 2.75) is 11.8 Å². The smallest absolute Gasteiger partial charge is 0.337 e. The van der Waals surface area contributed by atoms with E-state index in [4.69, 9.17) is 4.74 Å². The van der Waals surface area contributed by atoms with Crippen molar-refractivity contribution in [3.8, 4) is 5.75 Å². The van der Waals surface area contributed by atoms with Gasteiger partial charge in [0.05, 0.1) is 30.4 Å². The zero-order valence-corrected chi connectivity index (χ0v) is 19.3. The molecule has 0 aliphatic carbocycles. The van der Waals surface area contributed by atoms with Gasteiger partial charge in [-0.3, -0.25) is 9.10 Å². The zero-order chi connectivity index (χ0) is 24.0. The first kappa shape index (κ1) is 23.8. The highest BCUT2D eigenvalue weighted by Gasteiger charge is 2.27. The number of carbonyl (C=O) groups excluding carboxylic acids is 2. The quantitative estimate of drug-likeness (QED) is 0.507. The van der Waals surface area contributed by atoms with Crippen molar-refractivity contribution < 1.29 is 27.5 Å². The standard InChI is InChI=1S/C24H24N2O6S/c1-17-7-13-22(14-8-17)33(29,30)26(20-5-4-6-21(15-20)31-2)16-23(27)25-19-11-9-18(10-12-19)24(28)32-3/h4-15H,16H2,1-3H3,(H,25,27). The Kier molecular flexibility index (Phi) is 7.34. The second kappa shape index (κ2) is 10.2. The molecule has 8 nitrogen and oxygen atoms in total. The van der Waals surface area contributed by atoms with E-state index in [9.17, 15) is 18.0 Å². The fourth-order valence-electron chi connectivity index (χ4n) is 3.06. The second-order valence-corrected chi connectivity index (χ2v) is 9.01. The molecule has 1 amide bonds. The van der Waals surface area contributed by atoms with Crippen LogP contribution >= 0.6 is 0 Å². The van der Waals surface area contributed by atoms with Gasteiger partial charge in [0.25, 0.3) is 10.0 Å². The Bertz CT molecular complexity index is 1240. The lowest BCUT2D eigenvalue weighted by molar-refractivity contribution is -0.114. The van der Waals surface area contributed by atoms with Crippen LogP contribution in [0.1, 0.15) is 15.9 Å². The number of nitrogens with zero attached hydrogens (tertiary/aromatic N) is 1. The molecule has 172 valence electrons. The maximum Gasteiger partial charge on any atom is 0.337 e. The first-order chi connectivity index (χ1) is 15.7. The Morgan fingerprint density at radius 1 is 0.939 bits per heavy atom. The molecule has 0 bridgehead atoms. The third-order valence-electron chi connectivity index (χ3n) is 4.83. The summed E-state index contributed by atoms with van der Waals surface area (Å²) in [7, 11) is -1.30. The molecule has 3 aromatic rings. The fraction of sp³-hybridized carbons (Fsp3) is 0.167. The fourth-order valence-corrected chi connectivity index (χ4v) is 4.47. The minimum atomic E-state index is -4.05. The summed E-state index contributed by atoms with van der Waals surface area (Å²) in [5.74, 6) is -0.601. The predicted octanol–water partition coefficient (Wildman–Crippen LogP) is 3.62. The highest BCUT2D eigenvalue weighted by molar-refractivity contribution is 7.92. The highest BCUT2D eigenvalue weighted by atomic mass is 32.2. The van der Waals surface area contributed by atoms with Gasteiger partial charge in [-0.25, -0.2) is 13.2 Å². The van der Waals surface area contributed by atoms with E-state index in [1.165, 1.54) is 50.6 Å². The molecule has 0 aliphatic heterocycles. The van der Waals surface area contributed by atoms with Crippen LogP contribution in [0.25, 0.3) is 0 Å². The third-order valence-corrected chi connectivity index (χ3v) is 6.62. The molecule has 33 heavy (non-hydrogen) atoms. The van der Waals surface area contributed by atoms with Gasteiger partial charge in [-0.1, -0.05) is 23.8 Å². The van der Waals surface area contributed by atoms with Gasteiger partial charge in [0.15, 0.2) is 0 Å². The maximum absolute atomic E-state index is 13.4. The van der Waals surface area contributed by atoms with Crippen LogP contribution in [0.2, 0.25) is 0 Å². The summed E-state index contributed by atoms with van der Waals surface area (Å²) >= 11 is 0. The van der Waals surface area contributed by atoms with Crippen LogP contribution in [-0.4, -0.2) is 41.1 Å². The number of anilines is 2. The molecular formula is C24H24N2O6S. The van der Waals surface area contributed by atoms with E-state index in [1.54, 1.807) is 36.4 Å². The summed E-state index contributed by atoms with van der Waals surface area (Å²) in [5, 5.41) is 2.66. The van der Waals surface area contributed by atoms with Crippen LogP contribution in [-0.2, 0) is 19.6 Å². The molecule has 0 saturated heterocycles. The molecule has 0 unspecified atom stereocenters. The zero-order valence-electron chi connectivity index (χ0n) is 18.4. The van der Waals surface area contributed by atoms with Gasteiger partial charge in [0.1, 0.15) is 12.3 Å². The Hall–Kier alpha value is -3.85. The molecule has 0 atom stereocenters. The molecule has 0 spiro atoms. The topological polar surface area (TPSA) is 102 Å². The summed E-state index contributed by atoms with van der Waals surface area (Å²) in [5.41, 5.74) is 1.93. The number of amides is 1.